The van der Waals surface area contributed by atoms with E-state index in [1.165, 1.54) is 19.2 Å². The van der Waals surface area contributed by atoms with Crippen LogP contribution in [0.2, 0.25) is 10.0 Å². The second-order valence-electron chi connectivity index (χ2n) is 4.33. The van der Waals surface area contributed by atoms with Gasteiger partial charge in [0.05, 0.1) is 23.3 Å². The van der Waals surface area contributed by atoms with Crippen molar-refractivity contribution in [3.63, 3.8) is 0 Å². The van der Waals surface area contributed by atoms with Crippen LogP contribution < -0.4 is 4.74 Å². The number of aliphatic hydroxyl groups is 1. The molecule has 2 aromatic carbocycles. The van der Waals surface area contributed by atoms with Gasteiger partial charge in [-0.05, 0) is 29.3 Å². The maximum atomic E-state index is 13.6. The van der Waals surface area contributed by atoms with Crippen molar-refractivity contribution in [1.29, 1.82) is 0 Å². The monoisotopic (exact) mass is 314 g/mol. The summed E-state index contributed by atoms with van der Waals surface area (Å²) in [5.74, 6) is -0.372. The molecule has 0 aromatic heterocycles. The molecule has 2 nitrogen and oxygen atoms in total. The molecule has 5 heteroatoms. The molecule has 0 aliphatic carbocycles. The highest BCUT2D eigenvalue weighted by Crippen LogP contribution is 2.30. The van der Waals surface area contributed by atoms with Gasteiger partial charge in [-0.1, -0.05) is 41.4 Å². The molecule has 0 bridgehead atoms. The third-order valence-electron chi connectivity index (χ3n) is 3.01. The highest BCUT2D eigenvalue weighted by molar-refractivity contribution is 6.42. The first kappa shape index (κ1) is 15.1. The van der Waals surface area contributed by atoms with E-state index in [1.54, 1.807) is 24.3 Å². The largest absolute Gasteiger partial charge is 0.494 e. The third-order valence-corrected chi connectivity index (χ3v) is 3.86. The number of hydrogen-bond acceptors (Lipinski definition) is 2. The number of benzene rings is 2. The molecule has 0 spiro atoms. The minimum Gasteiger partial charge on any atom is -0.494 e. The van der Waals surface area contributed by atoms with Crippen LogP contribution in [0.1, 0.15) is 17.2 Å². The zero-order valence-corrected chi connectivity index (χ0v) is 12.2. The van der Waals surface area contributed by atoms with Gasteiger partial charge in [0.25, 0.3) is 0 Å². The van der Waals surface area contributed by atoms with Gasteiger partial charge in [-0.15, -0.1) is 0 Å². The smallest absolute Gasteiger partial charge is 0.165 e. The van der Waals surface area contributed by atoms with Gasteiger partial charge >= 0.3 is 0 Å². The Labute approximate surface area is 126 Å². The Morgan fingerprint density at radius 2 is 2.00 bits per heavy atom. The van der Waals surface area contributed by atoms with E-state index in [4.69, 9.17) is 27.9 Å². The molecule has 1 N–H and O–H groups in total. The molecule has 0 saturated carbocycles. The van der Waals surface area contributed by atoms with Crippen LogP contribution in [0.4, 0.5) is 4.39 Å². The van der Waals surface area contributed by atoms with Crippen LogP contribution >= 0.6 is 23.2 Å². The second kappa shape index (κ2) is 6.44. The van der Waals surface area contributed by atoms with Gasteiger partial charge in [-0.2, -0.15) is 0 Å². The Bertz CT molecular complexity index is 617. The van der Waals surface area contributed by atoms with Gasteiger partial charge in [-0.25, -0.2) is 4.39 Å². The molecular formula is C15H13Cl2FO2. The third kappa shape index (κ3) is 3.23. The van der Waals surface area contributed by atoms with E-state index in [0.29, 0.717) is 21.2 Å². The molecule has 106 valence electrons. The normalized spacial score (nSPS) is 12.2. The highest BCUT2D eigenvalue weighted by atomic mass is 35.5. The lowest BCUT2D eigenvalue weighted by Gasteiger charge is -2.13. The molecule has 1 atom stereocenters. The molecule has 2 aromatic rings. The summed E-state index contributed by atoms with van der Waals surface area (Å²) in [7, 11) is 1.39. The average molecular weight is 315 g/mol. The predicted octanol–water partition coefficient (Wildman–Crippen LogP) is 4.42. The van der Waals surface area contributed by atoms with Crippen molar-refractivity contribution < 1.29 is 14.2 Å². The summed E-state index contributed by atoms with van der Waals surface area (Å²) in [5, 5.41) is 11.0. The van der Waals surface area contributed by atoms with Gasteiger partial charge in [0, 0.05) is 6.42 Å². The summed E-state index contributed by atoms with van der Waals surface area (Å²) < 4.78 is 18.4. The highest BCUT2D eigenvalue weighted by Gasteiger charge is 2.14. The van der Waals surface area contributed by atoms with E-state index < -0.39 is 11.9 Å². The maximum absolute atomic E-state index is 13.6. The molecule has 0 aliphatic heterocycles. The van der Waals surface area contributed by atoms with Crippen molar-refractivity contribution in [3.05, 3.63) is 63.4 Å². The van der Waals surface area contributed by atoms with Crippen LogP contribution in [-0.4, -0.2) is 12.2 Å². The van der Waals surface area contributed by atoms with Gasteiger partial charge in [0.2, 0.25) is 0 Å². The Morgan fingerprint density at radius 1 is 1.25 bits per heavy atom. The van der Waals surface area contributed by atoms with E-state index >= 15 is 0 Å². The number of ether oxygens (including phenoxy) is 1. The number of aliphatic hydroxyl groups excluding tert-OH is 1. The molecule has 2 rings (SSSR count). The molecule has 1 unspecified atom stereocenters. The summed E-state index contributed by atoms with van der Waals surface area (Å²) in [6.45, 7) is 0. The Morgan fingerprint density at radius 3 is 2.65 bits per heavy atom. The molecular weight excluding hydrogens is 302 g/mol. The van der Waals surface area contributed by atoms with Crippen LogP contribution in [0.5, 0.6) is 5.75 Å². The van der Waals surface area contributed by atoms with Crippen LogP contribution in [-0.2, 0) is 6.42 Å². The summed E-state index contributed by atoms with van der Waals surface area (Å²) in [5.41, 5.74) is 1.17. The lowest BCUT2D eigenvalue weighted by Crippen LogP contribution is -2.03. The fraction of sp³-hybridized carbons (Fsp3) is 0.200. The molecule has 0 fully saturated rings. The predicted molar refractivity (Wildman–Crippen MR) is 78.1 cm³/mol. The number of methoxy groups -OCH3 is 1. The standard InChI is InChI=1S/C15H13Cl2FO2/c1-20-14-6-5-9(7-12(14)18)13(19)8-10-3-2-4-11(16)15(10)17/h2-7,13,19H,8H2,1H3. The first-order valence-electron chi connectivity index (χ1n) is 5.97. The van der Waals surface area contributed by atoms with Gasteiger partial charge in [0.15, 0.2) is 11.6 Å². The van der Waals surface area contributed by atoms with Crippen molar-refractivity contribution in [1.82, 2.24) is 0 Å². The minimum absolute atomic E-state index is 0.140. The zero-order valence-electron chi connectivity index (χ0n) is 10.7. The molecule has 0 aliphatic rings. The summed E-state index contributed by atoms with van der Waals surface area (Å²) in [6, 6.07) is 9.55. The van der Waals surface area contributed by atoms with Crippen molar-refractivity contribution in [3.8, 4) is 5.75 Å². The van der Waals surface area contributed by atoms with E-state index in [9.17, 15) is 9.50 Å². The first-order chi connectivity index (χ1) is 9.52. The molecule has 0 amide bonds. The quantitative estimate of drug-likeness (QED) is 0.905. The SMILES string of the molecule is COc1ccc(C(O)Cc2cccc(Cl)c2Cl)cc1F. The molecule has 0 heterocycles. The average Bonchev–Trinajstić information content (AvgIpc) is 2.43. The molecule has 0 saturated heterocycles. The Hall–Kier alpha value is -1.29. The van der Waals surface area contributed by atoms with Gasteiger partial charge in [-0.3, -0.25) is 0 Å². The zero-order chi connectivity index (χ0) is 14.7. The summed E-state index contributed by atoms with van der Waals surface area (Å²) in [6.07, 6.45) is -0.614. The number of halogens is 3. The summed E-state index contributed by atoms with van der Waals surface area (Å²) >= 11 is 12.0. The van der Waals surface area contributed by atoms with Gasteiger partial charge < -0.3 is 9.84 Å². The summed E-state index contributed by atoms with van der Waals surface area (Å²) in [4.78, 5) is 0. The topological polar surface area (TPSA) is 29.5 Å². The second-order valence-corrected chi connectivity index (χ2v) is 5.11. The lowest BCUT2D eigenvalue weighted by atomic mass is 10.0. The van der Waals surface area contributed by atoms with E-state index in [0.717, 1.165) is 0 Å². The van der Waals surface area contributed by atoms with Crippen LogP contribution in [0.3, 0.4) is 0 Å². The van der Waals surface area contributed by atoms with Crippen molar-refractivity contribution in [2.45, 2.75) is 12.5 Å². The fourth-order valence-corrected chi connectivity index (χ4v) is 2.32. The van der Waals surface area contributed by atoms with Crippen LogP contribution in [0, 0.1) is 5.82 Å². The van der Waals surface area contributed by atoms with Crippen molar-refractivity contribution >= 4 is 23.2 Å². The van der Waals surface area contributed by atoms with Crippen LogP contribution in [0.15, 0.2) is 36.4 Å². The van der Waals surface area contributed by atoms with E-state index in [-0.39, 0.29) is 12.2 Å². The Kier molecular flexibility index (Phi) is 4.86. The first-order valence-corrected chi connectivity index (χ1v) is 6.73. The minimum atomic E-state index is -0.869. The van der Waals surface area contributed by atoms with E-state index in [1.807, 2.05) is 0 Å². The van der Waals surface area contributed by atoms with Crippen LogP contribution in [0.25, 0.3) is 0 Å². The Balaban J connectivity index is 2.21. The maximum Gasteiger partial charge on any atom is 0.165 e. The van der Waals surface area contributed by atoms with Crippen molar-refractivity contribution in [2.24, 2.45) is 0 Å². The fourth-order valence-electron chi connectivity index (χ4n) is 1.92. The van der Waals surface area contributed by atoms with Gasteiger partial charge in [0.1, 0.15) is 0 Å². The van der Waals surface area contributed by atoms with Crippen molar-refractivity contribution in [2.75, 3.05) is 7.11 Å². The molecule has 20 heavy (non-hydrogen) atoms. The van der Waals surface area contributed by atoms with E-state index in [2.05, 4.69) is 0 Å². The number of rotatable bonds is 4. The lowest BCUT2D eigenvalue weighted by molar-refractivity contribution is 0.178. The number of hydrogen-bond donors (Lipinski definition) is 1. The molecule has 0 radical (unpaired) electrons.